The van der Waals surface area contributed by atoms with Gasteiger partial charge in [-0.1, -0.05) is 0 Å². The lowest BCUT2D eigenvalue weighted by Crippen LogP contribution is -2.29. The first-order chi connectivity index (χ1) is 8.14. The molecule has 0 aliphatic carbocycles. The minimum Gasteiger partial charge on any atom is -0.381 e. The number of aromatic nitrogens is 2. The predicted molar refractivity (Wildman–Crippen MR) is 65.2 cm³/mol. The van der Waals surface area contributed by atoms with E-state index in [4.69, 9.17) is 4.74 Å². The van der Waals surface area contributed by atoms with Crippen molar-refractivity contribution in [1.82, 2.24) is 14.7 Å². The van der Waals surface area contributed by atoms with Crippen LogP contribution in [0.3, 0.4) is 0 Å². The summed E-state index contributed by atoms with van der Waals surface area (Å²) in [4.78, 5) is 7.03. The fourth-order valence-electron chi connectivity index (χ4n) is 1.30. The third kappa shape index (κ3) is 6.40. The molecule has 0 aliphatic heterocycles. The van der Waals surface area contributed by atoms with Gasteiger partial charge in [0.05, 0.1) is 12.4 Å². The van der Waals surface area contributed by atoms with Gasteiger partial charge in [-0.25, -0.2) is 18.1 Å². The number of ether oxygens (including phenoxy) is 1. The number of hydrogen-bond acceptors (Lipinski definition) is 4. The fourth-order valence-corrected chi connectivity index (χ4v) is 2.24. The Labute approximate surface area is 102 Å². The first-order valence-electron chi connectivity index (χ1n) is 5.67. The summed E-state index contributed by atoms with van der Waals surface area (Å²) in [5.41, 5.74) is 0. The normalized spacial score (nSPS) is 11.8. The number of hydrogen-bond donors (Lipinski definition) is 2. The topological polar surface area (TPSA) is 84.1 Å². The number of rotatable bonds is 9. The van der Waals surface area contributed by atoms with Crippen LogP contribution in [0.2, 0.25) is 0 Å². The summed E-state index contributed by atoms with van der Waals surface area (Å²) in [7, 11) is -3.20. The molecule has 98 valence electrons. The highest BCUT2D eigenvalue weighted by atomic mass is 32.2. The number of aromatic amines is 1. The molecular weight excluding hydrogens is 242 g/mol. The summed E-state index contributed by atoms with van der Waals surface area (Å²) in [5, 5.41) is 0. The summed E-state index contributed by atoms with van der Waals surface area (Å²) in [5.74, 6) is 0.889. The highest BCUT2D eigenvalue weighted by Crippen LogP contribution is 1.94. The van der Waals surface area contributed by atoms with Crippen molar-refractivity contribution in [2.24, 2.45) is 0 Å². The van der Waals surface area contributed by atoms with Gasteiger partial charge in [0.15, 0.2) is 0 Å². The van der Waals surface area contributed by atoms with Gasteiger partial charge in [0.2, 0.25) is 10.0 Å². The van der Waals surface area contributed by atoms with E-state index < -0.39 is 10.0 Å². The van der Waals surface area contributed by atoms with Gasteiger partial charge in [-0.2, -0.15) is 0 Å². The lowest BCUT2D eigenvalue weighted by atomic mass is 10.3. The Balaban J connectivity index is 2.12. The molecule has 0 atom stereocenters. The maximum Gasteiger partial charge on any atom is 0.213 e. The van der Waals surface area contributed by atoms with Crippen LogP contribution in [0.25, 0.3) is 0 Å². The maximum atomic E-state index is 11.5. The summed E-state index contributed by atoms with van der Waals surface area (Å²) in [6, 6.07) is 0. The number of nitrogens with one attached hydrogen (secondary N) is 2. The molecule has 0 bridgehead atoms. The second-order valence-electron chi connectivity index (χ2n) is 3.55. The van der Waals surface area contributed by atoms with E-state index in [1.165, 1.54) is 0 Å². The van der Waals surface area contributed by atoms with Crippen molar-refractivity contribution in [3.63, 3.8) is 0 Å². The van der Waals surface area contributed by atoms with Crippen LogP contribution in [0, 0.1) is 0 Å². The molecule has 0 radical (unpaired) electrons. The molecule has 1 heterocycles. The Morgan fingerprint density at radius 3 is 3.00 bits per heavy atom. The van der Waals surface area contributed by atoms with E-state index in [9.17, 15) is 8.42 Å². The maximum absolute atomic E-state index is 11.5. The van der Waals surface area contributed by atoms with Crippen molar-refractivity contribution in [3.8, 4) is 0 Å². The molecule has 17 heavy (non-hydrogen) atoms. The minimum atomic E-state index is -3.20. The van der Waals surface area contributed by atoms with E-state index in [-0.39, 0.29) is 12.4 Å². The molecule has 0 aliphatic rings. The molecule has 0 amide bonds. The molecular formula is C10H19N3O3S. The smallest absolute Gasteiger partial charge is 0.213 e. The van der Waals surface area contributed by atoms with Crippen molar-refractivity contribution >= 4 is 10.0 Å². The zero-order chi connectivity index (χ0) is 12.6. The van der Waals surface area contributed by atoms with Crippen LogP contribution in [0.5, 0.6) is 0 Å². The van der Waals surface area contributed by atoms with E-state index in [1.807, 2.05) is 6.92 Å². The summed E-state index contributed by atoms with van der Waals surface area (Å²) in [6.07, 6.45) is 4.89. The van der Waals surface area contributed by atoms with Crippen molar-refractivity contribution in [2.75, 3.05) is 25.5 Å². The van der Waals surface area contributed by atoms with E-state index in [2.05, 4.69) is 14.7 Å². The molecule has 0 saturated carbocycles. The van der Waals surface area contributed by atoms with E-state index in [1.54, 1.807) is 12.4 Å². The Morgan fingerprint density at radius 1 is 1.53 bits per heavy atom. The first kappa shape index (κ1) is 14.1. The zero-order valence-corrected chi connectivity index (χ0v) is 10.8. The van der Waals surface area contributed by atoms with Gasteiger partial charge in [0, 0.05) is 32.0 Å². The van der Waals surface area contributed by atoms with E-state index >= 15 is 0 Å². The predicted octanol–water partition coefficient (Wildman–Crippen LogP) is 0.298. The largest absolute Gasteiger partial charge is 0.381 e. The second-order valence-corrected chi connectivity index (χ2v) is 5.48. The van der Waals surface area contributed by atoms with Crippen molar-refractivity contribution in [1.29, 1.82) is 0 Å². The van der Waals surface area contributed by atoms with Crippen LogP contribution in [0.15, 0.2) is 12.4 Å². The first-order valence-corrected chi connectivity index (χ1v) is 7.32. The van der Waals surface area contributed by atoms with Crippen LogP contribution >= 0.6 is 0 Å². The van der Waals surface area contributed by atoms with Gasteiger partial charge < -0.3 is 9.72 Å². The molecule has 0 aromatic carbocycles. The van der Waals surface area contributed by atoms with Gasteiger partial charge in [0.1, 0.15) is 5.82 Å². The lowest BCUT2D eigenvalue weighted by molar-refractivity contribution is 0.163. The average molecular weight is 261 g/mol. The Morgan fingerprint density at radius 2 is 2.35 bits per heavy atom. The third-order valence-electron chi connectivity index (χ3n) is 2.17. The molecule has 2 N–H and O–H groups in total. The molecule has 0 unspecified atom stereocenters. The minimum absolute atomic E-state index is 0.0155. The standard InChI is InChI=1S/C10H19N3O3S/c1-2-16-8-9-17(14,15)13-5-3-4-10-11-6-7-12-10/h6-7,13H,2-5,8-9H2,1H3,(H,11,12). The highest BCUT2D eigenvalue weighted by molar-refractivity contribution is 7.89. The summed E-state index contributed by atoms with van der Waals surface area (Å²) in [6.45, 7) is 3.04. The van der Waals surface area contributed by atoms with Gasteiger partial charge in [-0.05, 0) is 13.3 Å². The monoisotopic (exact) mass is 261 g/mol. The molecule has 7 heteroatoms. The van der Waals surface area contributed by atoms with Gasteiger partial charge in [0.25, 0.3) is 0 Å². The Kier molecular flexibility index (Phi) is 6.17. The van der Waals surface area contributed by atoms with Crippen LogP contribution < -0.4 is 4.72 Å². The van der Waals surface area contributed by atoms with Crippen molar-refractivity contribution in [3.05, 3.63) is 18.2 Å². The van der Waals surface area contributed by atoms with Crippen LogP contribution in [0.4, 0.5) is 0 Å². The van der Waals surface area contributed by atoms with E-state index in [0.29, 0.717) is 13.2 Å². The van der Waals surface area contributed by atoms with Crippen LogP contribution in [-0.4, -0.2) is 43.9 Å². The summed E-state index contributed by atoms with van der Waals surface area (Å²) < 4.78 is 30.4. The molecule has 1 aromatic rings. The van der Waals surface area contributed by atoms with E-state index in [0.717, 1.165) is 18.7 Å². The Bertz CT molecular complexity index is 389. The third-order valence-corrected chi connectivity index (χ3v) is 3.52. The van der Waals surface area contributed by atoms with Gasteiger partial charge in [-0.15, -0.1) is 0 Å². The number of imidazole rings is 1. The average Bonchev–Trinajstić information content (AvgIpc) is 2.77. The highest BCUT2D eigenvalue weighted by Gasteiger charge is 2.08. The number of aryl methyl sites for hydroxylation is 1. The SMILES string of the molecule is CCOCCS(=O)(=O)NCCCc1ncc[nH]1. The Hall–Kier alpha value is -0.920. The molecule has 0 spiro atoms. The number of nitrogens with zero attached hydrogens (tertiary/aromatic N) is 1. The summed E-state index contributed by atoms with van der Waals surface area (Å²) >= 11 is 0. The number of sulfonamides is 1. The van der Waals surface area contributed by atoms with Gasteiger partial charge in [-0.3, -0.25) is 0 Å². The van der Waals surface area contributed by atoms with Crippen LogP contribution in [-0.2, 0) is 21.2 Å². The molecule has 0 saturated heterocycles. The quantitative estimate of drug-likeness (QED) is 0.626. The van der Waals surface area contributed by atoms with Crippen molar-refractivity contribution in [2.45, 2.75) is 19.8 Å². The molecule has 1 aromatic heterocycles. The lowest BCUT2D eigenvalue weighted by Gasteiger charge is -2.06. The van der Waals surface area contributed by atoms with Gasteiger partial charge >= 0.3 is 0 Å². The number of H-pyrrole nitrogens is 1. The molecule has 1 rings (SSSR count). The molecule has 6 nitrogen and oxygen atoms in total. The fraction of sp³-hybridized carbons (Fsp3) is 0.700. The van der Waals surface area contributed by atoms with Crippen molar-refractivity contribution < 1.29 is 13.2 Å². The molecule has 0 fully saturated rings. The van der Waals surface area contributed by atoms with Crippen LogP contribution in [0.1, 0.15) is 19.2 Å². The second kappa shape index (κ2) is 7.41. The zero-order valence-electron chi connectivity index (χ0n) is 9.98.